The van der Waals surface area contributed by atoms with Gasteiger partial charge in [0.15, 0.2) is 11.7 Å². The standard InChI is InChI=1S/C16H25N5O2S/c1-6-12-7-14(23-20-12)8-18-16(17-3)21(4)9-13-10-24-15(19-13)11(2)22-5/h7,10-11H,6,8-9H2,1-5H3,(H,17,18). The molecule has 0 saturated heterocycles. The Hall–Kier alpha value is -1.93. The summed E-state index contributed by atoms with van der Waals surface area (Å²) < 4.78 is 10.6. The third kappa shape index (κ3) is 4.78. The number of nitrogens with one attached hydrogen (secondary N) is 1. The normalized spacial score (nSPS) is 13.1. The maximum atomic E-state index is 5.30. The summed E-state index contributed by atoms with van der Waals surface area (Å²) in [5.41, 5.74) is 1.95. The van der Waals surface area contributed by atoms with E-state index in [2.05, 4.69) is 25.8 Å². The first kappa shape index (κ1) is 18.4. The second-order valence-corrected chi connectivity index (χ2v) is 6.34. The minimum absolute atomic E-state index is 0.0192. The summed E-state index contributed by atoms with van der Waals surface area (Å²) in [5, 5.41) is 10.3. The highest BCUT2D eigenvalue weighted by Gasteiger charge is 2.13. The Bertz CT molecular complexity index is 667. The Morgan fingerprint density at radius 2 is 2.29 bits per heavy atom. The minimum Gasteiger partial charge on any atom is -0.375 e. The van der Waals surface area contributed by atoms with Gasteiger partial charge in [0.1, 0.15) is 11.1 Å². The van der Waals surface area contributed by atoms with E-state index in [1.54, 1.807) is 25.5 Å². The molecule has 2 aromatic rings. The Morgan fingerprint density at radius 1 is 1.50 bits per heavy atom. The lowest BCUT2D eigenvalue weighted by molar-refractivity contribution is 0.119. The van der Waals surface area contributed by atoms with E-state index in [9.17, 15) is 0 Å². The number of rotatable bonds is 7. The van der Waals surface area contributed by atoms with Gasteiger partial charge >= 0.3 is 0 Å². The van der Waals surface area contributed by atoms with Crippen molar-refractivity contribution in [2.75, 3.05) is 21.2 Å². The molecule has 7 nitrogen and oxygen atoms in total. The first-order valence-electron chi connectivity index (χ1n) is 7.90. The van der Waals surface area contributed by atoms with Crippen molar-refractivity contribution >= 4 is 17.3 Å². The van der Waals surface area contributed by atoms with Crippen LogP contribution in [0.3, 0.4) is 0 Å². The number of methoxy groups -OCH3 is 1. The van der Waals surface area contributed by atoms with Crippen LogP contribution in [0.1, 0.15) is 42.1 Å². The molecule has 0 saturated carbocycles. The predicted molar refractivity (Wildman–Crippen MR) is 95.1 cm³/mol. The van der Waals surface area contributed by atoms with Crippen LogP contribution in [0, 0.1) is 0 Å². The lowest BCUT2D eigenvalue weighted by Gasteiger charge is -2.20. The van der Waals surface area contributed by atoms with E-state index < -0.39 is 0 Å². The number of hydrogen-bond acceptors (Lipinski definition) is 6. The molecule has 0 bridgehead atoms. The van der Waals surface area contributed by atoms with Crippen LogP contribution in [0.15, 0.2) is 21.0 Å². The third-order valence-corrected chi connectivity index (χ3v) is 4.69. The van der Waals surface area contributed by atoms with Crippen molar-refractivity contribution in [3.05, 3.63) is 33.6 Å². The molecule has 8 heteroatoms. The summed E-state index contributed by atoms with van der Waals surface area (Å²) in [7, 11) is 5.43. The number of thiazole rings is 1. The van der Waals surface area contributed by atoms with Crippen LogP contribution in [0.2, 0.25) is 0 Å². The fraction of sp³-hybridized carbons (Fsp3) is 0.562. The maximum absolute atomic E-state index is 5.30. The zero-order chi connectivity index (χ0) is 17.5. The van der Waals surface area contributed by atoms with E-state index in [0.717, 1.165) is 34.5 Å². The Kier molecular flexibility index (Phi) is 6.74. The van der Waals surface area contributed by atoms with Crippen LogP contribution >= 0.6 is 11.3 Å². The molecule has 1 N–H and O–H groups in total. The number of guanidine groups is 1. The minimum atomic E-state index is 0.0192. The van der Waals surface area contributed by atoms with Crippen LogP contribution in [-0.2, 0) is 24.2 Å². The van der Waals surface area contributed by atoms with E-state index in [1.165, 1.54) is 0 Å². The van der Waals surface area contributed by atoms with E-state index in [1.807, 2.05) is 31.9 Å². The molecule has 1 unspecified atom stereocenters. The second kappa shape index (κ2) is 8.79. The van der Waals surface area contributed by atoms with Gasteiger partial charge in [-0.05, 0) is 13.3 Å². The van der Waals surface area contributed by atoms with Crippen molar-refractivity contribution in [2.45, 2.75) is 39.5 Å². The lowest BCUT2D eigenvalue weighted by Crippen LogP contribution is -2.38. The zero-order valence-corrected chi connectivity index (χ0v) is 15.7. The first-order chi connectivity index (χ1) is 11.6. The van der Waals surface area contributed by atoms with Gasteiger partial charge in [-0.3, -0.25) is 4.99 Å². The molecule has 1 atom stereocenters. The smallest absolute Gasteiger partial charge is 0.194 e. The molecule has 2 rings (SSSR count). The van der Waals surface area contributed by atoms with Gasteiger partial charge in [-0.2, -0.15) is 0 Å². The van der Waals surface area contributed by atoms with Gasteiger partial charge in [-0.15, -0.1) is 11.3 Å². The summed E-state index contributed by atoms with van der Waals surface area (Å²) in [4.78, 5) is 10.9. The molecule has 0 aliphatic carbocycles. The highest BCUT2D eigenvalue weighted by atomic mass is 32.1. The number of ether oxygens (including phenoxy) is 1. The van der Waals surface area contributed by atoms with Crippen molar-refractivity contribution in [2.24, 2.45) is 4.99 Å². The molecule has 0 aliphatic rings. The average Bonchev–Trinajstić information content (AvgIpc) is 3.24. The lowest BCUT2D eigenvalue weighted by atomic mass is 10.3. The van der Waals surface area contributed by atoms with E-state index in [0.29, 0.717) is 13.1 Å². The Labute approximate surface area is 146 Å². The molecule has 0 spiro atoms. The summed E-state index contributed by atoms with van der Waals surface area (Å²) in [6.45, 7) is 5.26. The summed E-state index contributed by atoms with van der Waals surface area (Å²) in [5.74, 6) is 1.57. The van der Waals surface area contributed by atoms with Crippen LogP contribution in [0.4, 0.5) is 0 Å². The topological polar surface area (TPSA) is 75.8 Å². The number of hydrogen-bond donors (Lipinski definition) is 1. The Balaban J connectivity index is 1.91. The highest BCUT2D eigenvalue weighted by Crippen LogP contribution is 2.20. The molecule has 132 valence electrons. The molecular formula is C16H25N5O2S. The molecule has 24 heavy (non-hydrogen) atoms. The first-order valence-corrected chi connectivity index (χ1v) is 8.78. The van der Waals surface area contributed by atoms with Crippen LogP contribution in [0.5, 0.6) is 0 Å². The van der Waals surface area contributed by atoms with Gasteiger partial charge in [0.25, 0.3) is 0 Å². The maximum Gasteiger partial charge on any atom is 0.194 e. The average molecular weight is 351 g/mol. The largest absolute Gasteiger partial charge is 0.375 e. The van der Waals surface area contributed by atoms with Gasteiger partial charge in [0.2, 0.25) is 0 Å². The summed E-state index contributed by atoms with van der Waals surface area (Å²) in [6, 6.07) is 1.96. The summed E-state index contributed by atoms with van der Waals surface area (Å²) in [6.07, 6.45) is 0.884. The van der Waals surface area contributed by atoms with E-state index >= 15 is 0 Å². The van der Waals surface area contributed by atoms with Crippen LogP contribution < -0.4 is 5.32 Å². The number of aliphatic imine (C=N–C) groups is 1. The quantitative estimate of drug-likeness (QED) is 0.610. The van der Waals surface area contributed by atoms with Crippen molar-refractivity contribution in [1.82, 2.24) is 20.4 Å². The summed E-state index contributed by atoms with van der Waals surface area (Å²) >= 11 is 1.61. The van der Waals surface area contributed by atoms with Crippen LogP contribution in [-0.4, -0.2) is 42.2 Å². The van der Waals surface area contributed by atoms with Crippen molar-refractivity contribution in [3.63, 3.8) is 0 Å². The highest BCUT2D eigenvalue weighted by molar-refractivity contribution is 7.09. The molecule has 0 aliphatic heterocycles. The molecule has 0 aromatic carbocycles. The van der Waals surface area contributed by atoms with Gasteiger partial charge in [-0.1, -0.05) is 12.1 Å². The van der Waals surface area contributed by atoms with Gasteiger partial charge in [-0.25, -0.2) is 4.98 Å². The van der Waals surface area contributed by atoms with E-state index in [-0.39, 0.29) is 6.10 Å². The SMILES string of the molecule is CCc1cc(CNC(=NC)N(C)Cc2csc(C(C)OC)n2)on1. The van der Waals surface area contributed by atoms with Crippen LogP contribution in [0.25, 0.3) is 0 Å². The monoisotopic (exact) mass is 351 g/mol. The van der Waals surface area contributed by atoms with Gasteiger partial charge in [0.05, 0.1) is 24.5 Å². The zero-order valence-electron chi connectivity index (χ0n) is 14.9. The number of aryl methyl sites for hydroxylation is 1. The molecule has 0 radical (unpaired) electrons. The predicted octanol–water partition coefficient (Wildman–Crippen LogP) is 2.61. The fourth-order valence-corrected chi connectivity index (χ4v) is 3.00. The molecule has 0 amide bonds. The van der Waals surface area contributed by atoms with Crippen molar-refractivity contribution < 1.29 is 9.26 Å². The van der Waals surface area contributed by atoms with Crippen molar-refractivity contribution in [3.8, 4) is 0 Å². The second-order valence-electron chi connectivity index (χ2n) is 5.45. The molecule has 2 heterocycles. The van der Waals surface area contributed by atoms with Gasteiger partial charge in [0, 0.05) is 32.7 Å². The number of aromatic nitrogens is 2. The fourth-order valence-electron chi connectivity index (χ4n) is 2.16. The van der Waals surface area contributed by atoms with E-state index in [4.69, 9.17) is 9.26 Å². The third-order valence-electron chi connectivity index (χ3n) is 3.63. The molecule has 0 fully saturated rings. The molecular weight excluding hydrogens is 326 g/mol. The van der Waals surface area contributed by atoms with Gasteiger partial charge < -0.3 is 19.5 Å². The Morgan fingerprint density at radius 3 is 2.92 bits per heavy atom. The number of nitrogens with zero attached hydrogens (tertiary/aromatic N) is 4. The molecule has 2 aromatic heterocycles. The van der Waals surface area contributed by atoms with Crippen molar-refractivity contribution in [1.29, 1.82) is 0 Å².